The van der Waals surface area contributed by atoms with Crippen molar-refractivity contribution >= 4 is 19.7 Å². The third-order valence-electron chi connectivity index (χ3n) is 12.6. The number of hydrogen-bond acceptors (Lipinski definition) is 6. The van der Waals surface area contributed by atoms with Crippen molar-refractivity contribution in [2.24, 2.45) is 0 Å². The monoisotopic (exact) mass is 1020 g/mol. The largest absolute Gasteiger partial charge is 0.472 e. The Balaban J connectivity index is 5.43. The summed E-state index contributed by atoms with van der Waals surface area (Å²) in [4.78, 5) is 37.6. The molecule has 0 heterocycles. The van der Waals surface area contributed by atoms with Gasteiger partial charge in [-0.15, -0.1) is 0 Å². The minimum absolute atomic E-state index is 0.0312. The maximum absolute atomic E-state index is 13.5. The normalized spacial score (nSPS) is 14.3. The van der Waals surface area contributed by atoms with Gasteiger partial charge >= 0.3 is 13.8 Å². The first-order valence-electron chi connectivity index (χ1n) is 29.3. The van der Waals surface area contributed by atoms with Crippen LogP contribution in [0.1, 0.15) is 252 Å². The number of unbranched alkanes of at least 4 members (excludes halogenated alkanes) is 27. The summed E-state index contributed by atoms with van der Waals surface area (Å²) in [5.41, 5.74) is 0. The number of quaternary nitrogens is 1. The van der Waals surface area contributed by atoms with Crippen LogP contribution in [0.3, 0.4) is 0 Å². The average molecular weight is 1020 g/mol. The summed E-state index contributed by atoms with van der Waals surface area (Å²) in [7, 11) is 1.47. The van der Waals surface area contributed by atoms with Gasteiger partial charge in [0.15, 0.2) is 0 Å². The Kier molecular flexibility index (Phi) is 49.1. The number of amides is 1. The maximum Gasteiger partial charge on any atom is 0.472 e. The molecule has 9 nitrogen and oxygen atoms in total. The molecule has 412 valence electrons. The molecule has 0 spiro atoms. The van der Waals surface area contributed by atoms with Crippen LogP contribution in [0.25, 0.3) is 0 Å². The fraction of sp³-hybridized carbons (Fsp3) is 0.770. The zero-order chi connectivity index (χ0) is 52.2. The van der Waals surface area contributed by atoms with Crippen molar-refractivity contribution in [3.8, 4) is 0 Å². The highest BCUT2D eigenvalue weighted by atomic mass is 31.2. The number of nitrogens with one attached hydrogen (secondary N) is 1. The Morgan fingerprint density at radius 2 is 0.901 bits per heavy atom. The van der Waals surface area contributed by atoms with Crippen LogP contribution in [-0.2, 0) is 27.9 Å². The van der Waals surface area contributed by atoms with E-state index in [4.69, 9.17) is 13.8 Å². The van der Waals surface area contributed by atoms with Gasteiger partial charge in [0.05, 0.1) is 33.8 Å². The Morgan fingerprint density at radius 1 is 0.507 bits per heavy atom. The molecule has 0 bridgehead atoms. The van der Waals surface area contributed by atoms with Crippen molar-refractivity contribution in [2.75, 3.05) is 40.9 Å². The second kappa shape index (κ2) is 51.0. The molecule has 0 aliphatic rings. The standard InChI is InChI=1S/C61H111N2O7P/c1-7-10-13-16-19-22-25-28-30-31-33-35-38-41-44-47-50-53-60(64)62-58(57-69-71(66,67)68-56-55-63(4,5)6)59(52-49-46-43-40-37-34-27-24-21-18-15-12-9-3)70-61(65)54-51-48-45-42-39-36-32-29-26-23-20-17-14-11-8-2/h19-20,22-23,26,28-30,33,35,49,52,58-59H,7-18,21,24-25,27,31-32,34,36-48,50-51,53-57H2,1-6H3,(H-,62,64,66,67)/p+1/b22-19-,23-20+,29-26+,30-28-,35-33-,52-49+. The van der Waals surface area contributed by atoms with E-state index in [0.717, 1.165) is 103 Å². The average Bonchev–Trinajstić information content (AvgIpc) is 3.33. The van der Waals surface area contributed by atoms with E-state index in [1.165, 1.54) is 116 Å². The van der Waals surface area contributed by atoms with Crippen LogP contribution in [0.4, 0.5) is 0 Å². The minimum atomic E-state index is -4.46. The van der Waals surface area contributed by atoms with E-state index >= 15 is 0 Å². The Labute approximate surface area is 438 Å². The zero-order valence-electron chi connectivity index (χ0n) is 47.0. The van der Waals surface area contributed by atoms with Gasteiger partial charge in [-0.25, -0.2) is 4.57 Å². The van der Waals surface area contributed by atoms with E-state index in [2.05, 4.69) is 86.8 Å². The summed E-state index contributed by atoms with van der Waals surface area (Å²) in [6, 6.07) is -0.867. The molecule has 3 unspecified atom stereocenters. The van der Waals surface area contributed by atoms with Crippen molar-refractivity contribution in [1.29, 1.82) is 0 Å². The van der Waals surface area contributed by atoms with Crippen molar-refractivity contribution in [2.45, 2.75) is 264 Å². The van der Waals surface area contributed by atoms with E-state index in [1.54, 1.807) is 0 Å². The number of allylic oxidation sites excluding steroid dienone is 11. The van der Waals surface area contributed by atoms with Gasteiger partial charge in [0.2, 0.25) is 5.91 Å². The summed E-state index contributed by atoms with van der Waals surface area (Å²) in [6.45, 7) is 6.93. The third-order valence-corrected chi connectivity index (χ3v) is 13.6. The molecule has 71 heavy (non-hydrogen) atoms. The molecule has 0 aliphatic carbocycles. The molecule has 0 saturated heterocycles. The highest BCUT2D eigenvalue weighted by molar-refractivity contribution is 7.47. The van der Waals surface area contributed by atoms with Gasteiger partial charge in [-0.2, -0.15) is 0 Å². The Morgan fingerprint density at radius 3 is 1.39 bits per heavy atom. The van der Waals surface area contributed by atoms with Crippen molar-refractivity contribution < 1.29 is 37.3 Å². The number of carbonyl (C=O) groups excluding carboxylic acids is 2. The summed E-state index contributed by atoms with van der Waals surface area (Å²) in [6.07, 6.45) is 64.6. The number of phosphoric acid groups is 1. The summed E-state index contributed by atoms with van der Waals surface area (Å²) in [5, 5.41) is 3.04. The van der Waals surface area contributed by atoms with Crippen LogP contribution in [-0.4, -0.2) is 74.3 Å². The highest BCUT2D eigenvalue weighted by Crippen LogP contribution is 2.43. The number of hydrogen-bond donors (Lipinski definition) is 2. The minimum Gasteiger partial charge on any atom is -0.456 e. The number of phosphoric ester groups is 1. The topological polar surface area (TPSA) is 111 Å². The van der Waals surface area contributed by atoms with Gasteiger partial charge in [-0.1, -0.05) is 216 Å². The molecule has 10 heteroatoms. The van der Waals surface area contributed by atoms with Gasteiger partial charge < -0.3 is 19.4 Å². The molecule has 1 amide bonds. The summed E-state index contributed by atoms with van der Waals surface area (Å²) in [5.74, 6) is -0.544. The molecule has 0 aliphatic heterocycles. The fourth-order valence-corrected chi connectivity index (χ4v) is 8.79. The van der Waals surface area contributed by atoms with Crippen molar-refractivity contribution in [1.82, 2.24) is 5.32 Å². The lowest BCUT2D eigenvalue weighted by molar-refractivity contribution is -0.870. The molecule has 0 saturated carbocycles. The number of esters is 1. The molecule has 3 atom stereocenters. The Hall–Kier alpha value is -2.55. The second-order valence-corrected chi connectivity index (χ2v) is 22.3. The van der Waals surface area contributed by atoms with E-state index in [0.29, 0.717) is 17.4 Å². The van der Waals surface area contributed by atoms with Crippen molar-refractivity contribution in [3.05, 3.63) is 72.9 Å². The number of ether oxygens (including phenoxy) is 1. The molecule has 0 aromatic carbocycles. The fourth-order valence-electron chi connectivity index (χ4n) is 8.05. The number of likely N-dealkylation sites (N-methyl/N-ethyl adjacent to an activating group) is 1. The molecule has 2 N–H and O–H groups in total. The molecular formula is C61H112N2O7P+. The molecular weight excluding hydrogens is 904 g/mol. The van der Waals surface area contributed by atoms with Crippen molar-refractivity contribution in [3.63, 3.8) is 0 Å². The van der Waals surface area contributed by atoms with Crippen LogP contribution < -0.4 is 5.32 Å². The predicted octanol–water partition coefficient (Wildman–Crippen LogP) is 17.7. The first-order chi connectivity index (χ1) is 34.4. The van der Waals surface area contributed by atoms with E-state index in [1.807, 2.05) is 33.3 Å². The molecule has 0 fully saturated rings. The van der Waals surface area contributed by atoms with Gasteiger partial charge in [0.1, 0.15) is 19.3 Å². The van der Waals surface area contributed by atoms with Crippen LogP contribution in [0.2, 0.25) is 0 Å². The number of carbonyl (C=O) groups is 2. The van der Waals surface area contributed by atoms with Crippen LogP contribution in [0.15, 0.2) is 72.9 Å². The lowest BCUT2D eigenvalue weighted by atomic mass is 10.0. The molecule has 0 rings (SSSR count). The van der Waals surface area contributed by atoms with Gasteiger partial charge in [0.25, 0.3) is 0 Å². The SMILES string of the molecule is CCCCC/C=C\C/C=C\C/C=C\CCCCCCC(=O)NC(COP(=O)(O)OCC[N+](C)(C)C)C(/C=C/CCCCCCCCCCCCC)OC(=O)CCCCCCCC/C=C/C=C/CCCCC. The van der Waals surface area contributed by atoms with E-state index in [-0.39, 0.29) is 31.5 Å². The van der Waals surface area contributed by atoms with Gasteiger partial charge in [-0.05, 0) is 96.0 Å². The predicted molar refractivity (Wildman–Crippen MR) is 305 cm³/mol. The summed E-state index contributed by atoms with van der Waals surface area (Å²) >= 11 is 0. The van der Waals surface area contributed by atoms with Gasteiger partial charge in [-0.3, -0.25) is 18.6 Å². The van der Waals surface area contributed by atoms with E-state index in [9.17, 15) is 19.0 Å². The lowest BCUT2D eigenvalue weighted by Crippen LogP contribution is -2.47. The quantitative estimate of drug-likeness (QED) is 0.0156. The molecule has 0 radical (unpaired) electrons. The Bertz CT molecular complexity index is 1450. The van der Waals surface area contributed by atoms with E-state index < -0.39 is 20.0 Å². The lowest BCUT2D eigenvalue weighted by Gasteiger charge is -2.27. The smallest absolute Gasteiger partial charge is 0.456 e. The third kappa shape index (κ3) is 52.1. The van der Waals surface area contributed by atoms with Crippen LogP contribution in [0.5, 0.6) is 0 Å². The highest BCUT2D eigenvalue weighted by Gasteiger charge is 2.30. The molecule has 0 aromatic rings. The zero-order valence-corrected chi connectivity index (χ0v) is 47.8. The molecule has 0 aromatic heterocycles. The van der Waals surface area contributed by atoms with Gasteiger partial charge in [0, 0.05) is 12.8 Å². The maximum atomic E-state index is 13.5. The number of rotatable bonds is 52. The van der Waals surface area contributed by atoms with Crippen LogP contribution >= 0.6 is 7.82 Å². The first-order valence-corrected chi connectivity index (χ1v) is 30.8. The van der Waals surface area contributed by atoms with Crippen LogP contribution in [0, 0.1) is 0 Å². The second-order valence-electron chi connectivity index (χ2n) is 20.8. The summed E-state index contributed by atoms with van der Waals surface area (Å²) < 4.78 is 30.6. The number of nitrogens with zero attached hydrogens (tertiary/aromatic N) is 1. The first kappa shape index (κ1) is 68.5.